The van der Waals surface area contributed by atoms with Crippen LogP contribution in [0, 0.1) is 13.8 Å². The monoisotopic (exact) mass is 379 g/mol. The van der Waals surface area contributed by atoms with Crippen molar-refractivity contribution in [1.82, 2.24) is 4.90 Å². The number of carboxylic acids is 1. The Labute approximate surface area is 143 Å². The van der Waals surface area contributed by atoms with E-state index in [2.05, 4.69) is 15.9 Å². The zero-order chi connectivity index (χ0) is 17.1. The highest BCUT2D eigenvalue weighted by molar-refractivity contribution is 9.10. The van der Waals surface area contributed by atoms with Crippen molar-refractivity contribution in [2.24, 2.45) is 0 Å². The second kappa shape index (κ2) is 7.00. The van der Waals surface area contributed by atoms with E-state index in [0.717, 1.165) is 15.6 Å². The summed E-state index contributed by atoms with van der Waals surface area (Å²) in [6.45, 7) is 3.82. The highest BCUT2D eigenvalue weighted by Crippen LogP contribution is 2.19. The normalized spacial score (nSPS) is 10.6. The molecule has 1 N–H and O–H groups in total. The summed E-state index contributed by atoms with van der Waals surface area (Å²) in [4.78, 5) is 24.8. The Morgan fingerprint density at radius 1 is 1.26 bits per heavy atom. The molecular formula is C17H18BrNO4. The van der Waals surface area contributed by atoms with Gasteiger partial charge in [0, 0.05) is 11.5 Å². The molecule has 0 aliphatic rings. The molecule has 0 saturated carbocycles. The van der Waals surface area contributed by atoms with Crippen LogP contribution < -0.4 is 0 Å². The number of carbonyl (C=O) groups excluding carboxylic acids is 1. The summed E-state index contributed by atoms with van der Waals surface area (Å²) in [5.41, 5.74) is 2.16. The number of rotatable bonds is 5. The maximum atomic E-state index is 12.3. The summed E-state index contributed by atoms with van der Waals surface area (Å²) in [7, 11) is 1.67. The number of nitrogens with zero attached hydrogens (tertiary/aromatic N) is 1. The van der Waals surface area contributed by atoms with Gasteiger partial charge in [-0.05, 0) is 37.1 Å². The van der Waals surface area contributed by atoms with Gasteiger partial charge in [-0.2, -0.15) is 0 Å². The molecule has 122 valence electrons. The first kappa shape index (κ1) is 17.3. The molecule has 1 heterocycles. The molecule has 1 amide bonds. The van der Waals surface area contributed by atoms with Crippen LogP contribution in [0.1, 0.15) is 33.0 Å². The average molecular weight is 380 g/mol. The average Bonchev–Trinajstić information content (AvgIpc) is 2.83. The van der Waals surface area contributed by atoms with Crippen LogP contribution in [0.2, 0.25) is 0 Å². The Balaban J connectivity index is 2.03. The highest BCUT2D eigenvalue weighted by atomic mass is 79.9. The number of benzene rings is 1. The number of carboxylic acid groups (broad SMARTS) is 1. The van der Waals surface area contributed by atoms with Gasteiger partial charge in [-0.1, -0.05) is 28.1 Å². The minimum Gasteiger partial charge on any atom is -0.478 e. The lowest BCUT2D eigenvalue weighted by atomic mass is 10.1. The number of hydrogen-bond donors (Lipinski definition) is 1. The van der Waals surface area contributed by atoms with E-state index in [1.54, 1.807) is 14.0 Å². The van der Waals surface area contributed by atoms with Crippen molar-refractivity contribution in [3.8, 4) is 0 Å². The van der Waals surface area contributed by atoms with E-state index in [9.17, 15) is 9.59 Å². The van der Waals surface area contributed by atoms with Gasteiger partial charge < -0.3 is 14.4 Å². The van der Waals surface area contributed by atoms with Crippen LogP contribution in [0.15, 0.2) is 33.2 Å². The number of carbonyl (C=O) groups is 2. The first-order valence-corrected chi connectivity index (χ1v) is 7.89. The Kier molecular flexibility index (Phi) is 5.26. The van der Waals surface area contributed by atoms with Gasteiger partial charge in [0.15, 0.2) is 0 Å². The molecule has 0 bridgehead atoms. The van der Waals surface area contributed by atoms with Crippen molar-refractivity contribution in [2.75, 3.05) is 7.05 Å². The third-order valence-electron chi connectivity index (χ3n) is 3.61. The molecule has 0 aliphatic heterocycles. The second-order valence-corrected chi connectivity index (χ2v) is 6.35. The van der Waals surface area contributed by atoms with Gasteiger partial charge in [0.05, 0.1) is 13.0 Å². The van der Waals surface area contributed by atoms with Gasteiger partial charge >= 0.3 is 5.97 Å². The van der Waals surface area contributed by atoms with E-state index >= 15 is 0 Å². The van der Waals surface area contributed by atoms with Crippen LogP contribution in [0.5, 0.6) is 0 Å². The molecule has 2 rings (SSSR count). The molecule has 2 aromatic rings. The zero-order valence-corrected chi connectivity index (χ0v) is 14.8. The molecule has 0 fully saturated rings. The van der Waals surface area contributed by atoms with E-state index < -0.39 is 5.97 Å². The fraction of sp³-hybridized carbons (Fsp3) is 0.294. The van der Waals surface area contributed by atoms with Crippen LogP contribution in [0.3, 0.4) is 0 Å². The minimum absolute atomic E-state index is 0.0633. The highest BCUT2D eigenvalue weighted by Gasteiger charge is 2.17. The minimum atomic E-state index is -1.03. The molecule has 0 unspecified atom stereocenters. The standard InChI is InChI=1S/C17H18BrNO4/c1-10-4-5-12(6-15(10)18)7-16(20)19(3)9-13-8-14(17(21)22)11(2)23-13/h4-6,8H,7,9H2,1-3H3,(H,21,22). The quantitative estimate of drug-likeness (QED) is 0.861. The Morgan fingerprint density at radius 3 is 2.52 bits per heavy atom. The number of amides is 1. The number of aryl methyl sites for hydroxylation is 2. The first-order valence-electron chi connectivity index (χ1n) is 7.09. The van der Waals surface area contributed by atoms with Crippen LogP contribution in [0.4, 0.5) is 0 Å². The molecule has 5 nitrogen and oxygen atoms in total. The van der Waals surface area contributed by atoms with Gasteiger partial charge in [0.2, 0.25) is 5.91 Å². The summed E-state index contributed by atoms with van der Waals surface area (Å²) in [5, 5.41) is 9.02. The lowest BCUT2D eigenvalue weighted by Gasteiger charge is -2.16. The number of aromatic carboxylic acids is 1. The molecule has 6 heteroatoms. The SMILES string of the molecule is Cc1ccc(CC(=O)N(C)Cc2cc(C(=O)O)c(C)o2)cc1Br. The van der Waals surface area contributed by atoms with Crippen molar-refractivity contribution in [3.05, 3.63) is 56.9 Å². The van der Waals surface area contributed by atoms with Crippen molar-refractivity contribution >= 4 is 27.8 Å². The van der Waals surface area contributed by atoms with E-state index in [1.807, 2.05) is 25.1 Å². The van der Waals surface area contributed by atoms with Crippen LogP contribution in [0.25, 0.3) is 0 Å². The fourth-order valence-electron chi connectivity index (χ4n) is 2.21. The number of furan rings is 1. The molecule has 1 aromatic heterocycles. The van der Waals surface area contributed by atoms with E-state index in [4.69, 9.17) is 9.52 Å². The molecular weight excluding hydrogens is 362 g/mol. The maximum absolute atomic E-state index is 12.3. The predicted octanol–water partition coefficient (Wildman–Crippen LogP) is 3.56. The first-order chi connectivity index (χ1) is 10.8. The van der Waals surface area contributed by atoms with Crippen molar-refractivity contribution in [3.63, 3.8) is 0 Å². The largest absolute Gasteiger partial charge is 0.478 e. The molecule has 0 aliphatic carbocycles. The fourth-order valence-corrected chi connectivity index (χ4v) is 2.64. The number of likely N-dealkylation sites (N-methyl/N-ethyl adjacent to an activating group) is 1. The van der Waals surface area contributed by atoms with Crippen molar-refractivity contribution in [2.45, 2.75) is 26.8 Å². The summed E-state index contributed by atoms with van der Waals surface area (Å²) in [5.74, 6) is -0.292. The lowest BCUT2D eigenvalue weighted by Crippen LogP contribution is -2.27. The summed E-state index contributed by atoms with van der Waals surface area (Å²) in [6, 6.07) is 7.28. The van der Waals surface area contributed by atoms with Gasteiger partial charge in [0.1, 0.15) is 17.1 Å². The Morgan fingerprint density at radius 2 is 1.96 bits per heavy atom. The van der Waals surface area contributed by atoms with Gasteiger partial charge in [-0.25, -0.2) is 4.79 Å². The van der Waals surface area contributed by atoms with E-state index in [0.29, 0.717) is 11.5 Å². The molecule has 1 aromatic carbocycles. The van der Waals surface area contributed by atoms with Gasteiger partial charge in [-0.3, -0.25) is 4.79 Å². The van der Waals surface area contributed by atoms with E-state index in [1.165, 1.54) is 11.0 Å². The van der Waals surface area contributed by atoms with E-state index in [-0.39, 0.29) is 24.4 Å². The van der Waals surface area contributed by atoms with Crippen LogP contribution >= 0.6 is 15.9 Å². The number of hydrogen-bond acceptors (Lipinski definition) is 3. The maximum Gasteiger partial charge on any atom is 0.339 e. The topological polar surface area (TPSA) is 70.8 Å². The smallest absolute Gasteiger partial charge is 0.339 e. The third-order valence-corrected chi connectivity index (χ3v) is 4.46. The molecule has 0 atom stereocenters. The third kappa shape index (κ3) is 4.22. The second-order valence-electron chi connectivity index (χ2n) is 5.50. The Hall–Kier alpha value is -2.08. The van der Waals surface area contributed by atoms with Gasteiger partial charge in [0.25, 0.3) is 0 Å². The van der Waals surface area contributed by atoms with Crippen LogP contribution in [-0.4, -0.2) is 28.9 Å². The molecule has 0 spiro atoms. The van der Waals surface area contributed by atoms with Crippen LogP contribution in [-0.2, 0) is 17.8 Å². The van der Waals surface area contributed by atoms with Crippen molar-refractivity contribution in [1.29, 1.82) is 0 Å². The molecule has 23 heavy (non-hydrogen) atoms. The molecule has 0 radical (unpaired) electrons. The number of halogens is 1. The predicted molar refractivity (Wildman–Crippen MR) is 89.5 cm³/mol. The summed E-state index contributed by atoms with van der Waals surface area (Å²) < 4.78 is 6.37. The summed E-state index contributed by atoms with van der Waals surface area (Å²) >= 11 is 3.46. The van der Waals surface area contributed by atoms with Gasteiger partial charge in [-0.15, -0.1) is 0 Å². The lowest BCUT2D eigenvalue weighted by molar-refractivity contribution is -0.129. The Bertz CT molecular complexity index is 751. The summed E-state index contributed by atoms with van der Waals surface area (Å²) in [6.07, 6.45) is 0.279. The van der Waals surface area contributed by atoms with Crippen molar-refractivity contribution < 1.29 is 19.1 Å². The molecule has 0 saturated heterocycles. The zero-order valence-electron chi connectivity index (χ0n) is 13.2.